The van der Waals surface area contributed by atoms with Crippen LogP contribution in [0.15, 0.2) is 0 Å². The van der Waals surface area contributed by atoms with Gasteiger partial charge in [0.1, 0.15) is 6.10 Å². The van der Waals surface area contributed by atoms with E-state index in [-0.39, 0.29) is 30.0 Å². The van der Waals surface area contributed by atoms with Gasteiger partial charge in [-0.1, -0.05) is 20.3 Å². The fourth-order valence-corrected chi connectivity index (χ4v) is 7.69. The van der Waals surface area contributed by atoms with Gasteiger partial charge in [-0.2, -0.15) is 0 Å². The Bertz CT molecular complexity index is 798. The van der Waals surface area contributed by atoms with Crippen molar-refractivity contribution >= 4 is 17.9 Å². The van der Waals surface area contributed by atoms with Crippen LogP contribution in [0.3, 0.4) is 0 Å². The van der Waals surface area contributed by atoms with Gasteiger partial charge in [0.05, 0.1) is 30.5 Å². The van der Waals surface area contributed by atoms with Gasteiger partial charge in [0, 0.05) is 0 Å². The van der Waals surface area contributed by atoms with Crippen LogP contribution in [0.5, 0.6) is 0 Å². The van der Waals surface area contributed by atoms with E-state index in [1.807, 2.05) is 0 Å². The molecule has 4 fully saturated rings. The highest BCUT2D eigenvalue weighted by Gasteiger charge is 2.41. The number of hydrogen-bond acceptors (Lipinski definition) is 6. The van der Waals surface area contributed by atoms with Crippen molar-refractivity contribution in [1.29, 1.82) is 0 Å². The lowest BCUT2D eigenvalue weighted by atomic mass is 9.72. The Kier molecular flexibility index (Phi) is 10.5. The number of esters is 1. The van der Waals surface area contributed by atoms with E-state index in [4.69, 9.17) is 14.5 Å². The van der Waals surface area contributed by atoms with Crippen LogP contribution in [-0.2, 0) is 28.9 Å². The maximum atomic E-state index is 12.8. The van der Waals surface area contributed by atoms with E-state index in [0.717, 1.165) is 77.0 Å². The summed E-state index contributed by atoms with van der Waals surface area (Å²) in [7, 11) is 0. The van der Waals surface area contributed by atoms with Crippen LogP contribution >= 0.6 is 0 Å². The molecule has 38 heavy (non-hydrogen) atoms. The lowest BCUT2D eigenvalue weighted by molar-refractivity contribution is -0.337. The molecule has 0 radical (unpaired) electrons. The minimum absolute atomic E-state index is 0.0287. The molecule has 4 saturated carbocycles. The Morgan fingerprint density at radius 1 is 0.632 bits per heavy atom. The first-order valence-corrected chi connectivity index (χ1v) is 15.2. The predicted molar refractivity (Wildman–Crippen MR) is 140 cm³/mol. The number of aliphatic carboxylic acids is 2. The number of carboxylic acid groups (broad SMARTS) is 2. The van der Waals surface area contributed by atoms with Crippen molar-refractivity contribution in [3.63, 3.8) is 0 Å². The largest absolute Gasteiger partial charge is 0.481 e. The van der Waals surface area contributed by atoms with Crippen molar-refractivity contribution in [2.45, 2.75) is 116 Å². The number of carbonyl (C=O) groups is 3. The molecule has 0 heterocycles. The van der Waals surface area contributed by atoms with Crippen LogP contribution in [-0.4, -0.2) is 46.9 Å². The molecule has 6 unspecified atom stereocenters. The molecule has 0 spiro atoms. The maximum absolute atomic E-state index is 12.8. The third-order valence-corrected chi connectivity index (χ3v) is 10.2. The van der Waals surface area contributed by atoms with Gasteiger partial charge in [-0.15, -0.1) is 0 Å². The molecule has 8 heteroatoms. The Morgan fingerprint density at radius 3 is 1.74 bits per heavy atom. The summed E-state index contributed by atoms with van der Waals surface area (Å²) in [6.07, 6.45) is 12.6. The number of ether oxygens (including phenoxy) is 1. The Labute approximate surface area is 227 Å². The average Bonchev–Trinajstić information content (AvgIpc) is 2.90. The number of hydrogen-bond donors (Lipinski definition) is 2. The lowest BCUT2D eigenvalue weighted by Crippen LogP contribution is -2.38. The van der Waals surface area contributed by atoms with Crippen LogP contribution in [0, 0.1) is 47.3 Å². The second-order valence-corrected chi connectivity index (χ2v) is 13.0. The summed E-state index contributed by atoms with van der Waals surface area (Å²) in [5.74, 6) is -1.24. The van der Waals surface area contributed by atoms with Crippen molar-refractivity contribution in [2.24, 2.45) is 47.3 Å². The average molecular weight is 537 g/mol. The van der Waals surface area contributed by atoms with Gasteiger partial charge in [-0.05, 0) is 113 Å². The van der Waals surface area contributed by atoms with Crippen LogP contribution in [0.2, 0.25) is 0 Å². The zero-order valence-electron chi connectivity index (χ0n) is 23.2. The van der Waals surface area contributed by atoms with Gasteiger partial charge in [-0.3, -0.25) is 14.4 Å². The van der Waals surface area contributed by atoms with Crippen molar-refractivity contribution in [3.05, 3.63) is 0 Å². The first-order valence-electron chi connectivity index (χ1n) is 15.2. The Hall–Kier alpha value is -1.67. The molecule has 4 rings (SSSR count). The number of carbonyl (C=O) groups excluding carboxylic acids is 1. The first kappa shape index (κ1) is 29.3. The lowest BCUT2D eigenvalue weighted by Gasteiger charge is -2.38. The van der Waals surface area contributed by atoms with E-state index < -0.39 is 23.8 Å². The van der Waals surface area contributed by atoms with Crippen molar-refractivity contribution < 1.29 is 39.1 Å². The molecule has 0 aromatic carbocycles. The van der Waals surface area contributed by atoms with Crippen LogP contribution in [0.4, 0.5) is 0 Å². The number of rotatable bonds is 9. The van der Waals surface area contributed by atoms with Crippen molar-refractivity contribution in [3.8, 4) is 0 Å². The Balaban J connectivity index is 1.13. The van der Waals surface area contributed by atoms with Gasteiger partial charge in [0.15, 0.2) is 0 Å². The van der Waals surface area contributed by atoms with E-state index in [1.54, 1.807) is 0 Å². The SMILES string of the molecule is CC1CCC(COOC2CCC(C3CCC(OC(=O)C4CCC(C)CC4C(=O)O)CC3)CC2)C(C(=O)O)C1. The second kappa shape index (κ2) is 13.6. The third kappa shape index (κ3) is 7.71. The molecule has 4 aliphatic carbocycles. The molecule has 2 N–H and O–H groups in total. The van der Waals surface area contributed by atoms with Gasteiger partial charge in [0.25, 0.3) is 0 Å². The summed E-state index contributed by atoms with van der Waals surface area (Å²) in [5, 5.41) is 19.1. The van der Waals surface area contributed by atoms with Gasteiger partial charge >= 0.3 is 17.9 Å². The van der Waals surface area contributed by atoms with E-state index in [9.17, 15) is 24.6 Å². The Morgan fingerprint density at radius 2 is 1.16 bits per heavy atom. The molecule has 0 saturated heterocycles. The third-order valence-electron chi connectivity index (χ3n) is 10.2. The molecule has 0 aromatic heterocycles. The molecule has 8 nitrogen and oxygen atoms in total. The van der Waals surface area contributed by atoms with Crippen LogP contribution in [0.1, 0.15) is 104 Å². The first-order chi connectivity index (χ1) is 18.2. The summed E-state index contributed by atoms with van der Waals surface area (Å²) < 4.78 is 5.85. The zero-order chi connectivity index (χ0) is 27.2. The maximum Gasteiger partial charge on any atom is 0.310 e. The molecule has 0 amide bonds. The summed E-state index contributed by atoms with van der Waals surface area (Å²) in [6.45, 7) is 4.54. The highest BCUT2D eigenvalue weighted by atomic mass is 17.2. The normalized spacial score (nSPS) is 40.3. The molecule has 6 atom stereocenters. The zero-order valence-corrected chi connectivity index (χ0v) is 23.2. The summed E-state index contributed by atoms with van der Waals surface area (Å²) in [6, 6.07) is 0. The minimum atomic E-state index is -0.875. The summed E-state index contributed by atoms with van der Waals surface area (Å²) in [5.41, 5.74) is 0. The second-order valence-electron chi connectivity index (χ2n) is 13.0. The molecule has 0 bridgehead atoms. The van der Waals surface area contributed by atoms with E-state index in [0.29, 0.717) is 43.1 Å². The molecular formula is C30H48O8. The van der Waals surface area contributed by atoms with Gasteiger partial charge < -0.3 is 14.9 Å². The molecule has 4 aliphatic rings. The van der Waals surface area contributed by atoms with Crippen molar-refractivity contribution in [2.75, 3.05) is 6.61 Å². The van der Waals surface area contributed by atoms with Crippen LogP contribution < -0.4 is 0 Å². The highest BCUT2D eigenvalue weighted by Crippen LogP contribution is 2.41. The van der Waals surface area contributed by atoms with Gasteiger partial charge in [0.2, 0.25) is 0 Å². The van der Waals surface area contributed by atoms with E-state index in [1.165, 1.54) is 0 Å². The van der Waals surface area contributed by atoms with Gasteiger partial charge in [-0.25, -0.2) is 9.78 Å². The van der Waals surface area contributed by atoms with Crippen molar-refractivity contribution in [1.82, 2.24) is 0 Å². The quantitative estimate of drug-likeness (QED) is 0.213. The topological polar surface area (TPSA) is 119 Å². The summed E-state index contributed by atoms with van der Waals surface area (Å²) in [4.78, 5) is 47.4. The van der Waals surface area contributed by atoms with Crippen LogP contribution in [0.25, 0.3) is 0 Å². The number of carboxylic acids is 2. The van der Waals surface area contributed by atoms with E-state index in [2.05, 4.69) is 13.8 Å². The molecule has 0 aliphatic heterocycles. The summed E-state index contributed by atoms with van der Waals surface area (Å²) >= 11 is 0. The highest BCUT2D eigenvalue weighted by molar-refractivity contribution is 5.81. The minimum Gasteiger partial charge on any atom is -0.481 e. The predicted octanol–water partition coefficient (Wildman–Crippen LogP) is 5.87. The molecule has 216 valence electrons. The fourth-order valence-electron chi connectivity index (χ4n) is 7.69. The monoisotopic (exact) mass is 536 g/mol. The molecular weight excluding hydrogens is 488 g/mol. The van der Waals surface area contributed by atoms with E-state index >= 15 is 0 Å². The fraction of sp³-hybridized carbons (Fsp3) is 0.900. The smallest absolute Gasteiger partial charge is 0.310 e. The molecule has 0 aromatic rings. The standard InChI is InChI=1S/C30H48O8/c1-18-3-5-22(26(15-18)28(31)32)17-36-38-24-12-8-21(9-13-24)20-6-10-23(11-7-20)37-30(35)25-14-4-19(2)16-27(25)29(33)34/h18-27H,3-17H2,1-2H3,(H,31,32)(H,33,34).